The molecule has 2 aliphatic rings. The molecule has 3 heterocycles. The first-order valence-electron chi connectivity index (χ1n) is 8.40. The van der Waals surface area contributed by atoms with Gasteiger partial charge in [-0.3, -0.25) is 9.59 Å². The summed E-state index contributed by atoms with van der Waals surface area (Å²) >= 11 is 0. The van der Waals surface area contributed by atoms with Crippen molar-refractivity contribution in [1.82, 2.24) is 4.90 Å². The van der Waals surface area contributed by atoms with E-state index in [1.165, 1.54) is 0 Å². The van der Waals surface area contributed by atoms with Gasteiger partial charge in [-0.1, -0.05) is 6.92 Å². The van der Waals surface area contributed by atoms with Gasteiger partial charge in [-0.15, -0.1) is 0 Å². The fraction of sp³-hybridized carbons (Fsp3) is 0.647. The van der Waals surface area contributed by atoms with Gasteiger partial charge in [-0.2, -0.15) is 0 Å². The van der Waals surface area contributed by atoms with Gasteiger partial charge in [0.15, 0.2) is 5.76 Å². The van der Waals surface area contributed by atoms with Crippen molar-refractivity contribution in [2.24, 2.45) is 11.7 Å². The van der Waals surface area contributed by atoms with Crippen LogP contribution in [0.2, 0.25) is 0 Å². The summed E-state index contributed by atoms with van der Waals surface area (Å²) in [6.45, 7) is 3.42. The third-order valence-corrected chi connectivity index (χ3v) is 5.04. The maximum atomic E-state index is 12.5. The Morgan fingerprint density at radius 3 is 2.61 bits per heavy atom. The first-order chi connectivity index (χ1) is 11.1. The molecule has 2 aliphatic heterocycles. The number of hydrogen-bond acceptors (Lipinski definition) is 4. The lowest BCUT2D eigenvalue weighted by atomic mass is 9.89. The van der Waals surface area contributed by atoms with Crippen molar-refractivity contribution in [1.29, 1.82) is 0 Å². The van der Waals surface area contributed by atoms with Gasteiger partial charge in [0.05, 0.1) is 12.4 Å². The molecule has 0 aromatic carbocycles. The fourth-order valence-corrected chi connectivity index (χ4v) is 3.64. The molecule has 0 unspecified atom stereocenters. The number of likely N-dealkylation sites (tertiary alicyclic amines) is 1. The molecule has 0 bridgehead atoms. The number of carbonyl (C=O) groups excluding carboxylic acids is 2. The van der Waals surface area contributed by atoms with Crippen LogP contribution >= 0.6 is 0 Å². The normalized spacial score (nSPS) is 25.7. The van der Waals surface area contributed by atoms with E-state index in [0.29, 0.717) is 31.2 Å². The highest BCUT2D eigenvalue weighted by Gasteiger charge is 2.36. The molecule has 3 rings (SSSR count). The van der Waals surface area contributed by atoms with Gasteiger partial charge in [-0.25, -0.2) is 0 Å². The Kier molecular flexibility index (Phi) is 4.71. The SMILES string of the molecule is CCc1ccoc1C(=O)N1CCC([C@@H]2CC[C@H](C(N)=O)O2)CC1. The van der Waals surface area contributed by atoms with E-state index in [-0.39, 0.29) is 17.9 Å². The van der Waals surface area contributed by atoms with Crippen molar-refractivity contribution in [2.45, 2.75) is 51.2 Å². The zero-order chi connectivity index (χ0) is 16.4. The van der Waals surface area contributed by atoms with Gasteiger partial charge in [0.2, 0.25) is 5.91 Å². The lowest BCUT2D eigenvalue weighted by Crippen LogP contribution is -2.41. The Labute approximate surface area is 135 Å². The van der Waals surface area contributed by atoms with Gasteiger partial charge < -0.3 is 19.8 Å². The average molecular weight is 320 g/mol. The predicted octanol–water partition coefficient (Wildman–Crippen LogP) is 1.73. The summed E-state index contributed by atoms with van der Waals surface area (Å²) in [5, 5.41) is 0. The molecule has 0 radical (unpaired) electrons. The molecule has 2 saturated heterocycles. The van der Waals surface area contributed by atoms with Crippen LogP contribution in [0.25, 0.3) is 0 Å². The van der Waals surface area contributed by atoms with Crippen molar-refractivity contribution in [2.75, 3.05) is 13.1 Å². The topological polar surface area (TPSA) is 85.8 Å². The molecule has 2 atom stereocenters. The molecule has 0 aliphatic carbocycles. The molecule has 2 N–H and O–H groups in total. The molecular weight excluding hydrogens is 296 g/mol. The van der Waals surface area contributed by atoms with E-state index in [9.17, 15) is 9.59 Å². The maximum absolute atomic E-state index is 12.5. The number of amides is 2. The van der Waals surface area contributed by atoms with Gasteiger partial charge in [0, 0.05) is 18.7 Å². The largest absolute Gasteiger partial charge is 0.459 e. The van der Waals surface area contributed by atoms with Crippen molar-refractivity contribution in [3.63, 3.8) is 0 Å². The second-order valence-electron chi connectivity index (χ2n) is 6.40. The van der Waals surface area contributed by atoms with Gasteiger partial charge in [0.25, 0.3) is 5.91 Å². The lowest BCUT2D eigenvalue weighted by Gasteiger charge is -2.34. The second-order valence-corrected chi connectivity index (χ2v) is 6.40. The van der Waals surface area contributed by atoms with Crippen LogP contribution in [0, 0.1) is 5.92 Å². The predicted molar refractivity (Wildman–Crippen MR) is 83.8 cm³/mol. The number of rotatable bonds is 4. The van der Waals surface area contributed by atoms with Gasteiger partial charge >= 0.3 is 0 Å². The number of hydrogen-bond donors (Lipinski definition) is 1. The molecule has 23 heavy (non-hydrogen) atoms. The van der Waals surface area contributed by atoms with Crippen LogP contribution in [0.15, 0.2) is 16.7 Å². The van der Waals surface area contributed by atoms with Crippen LogP contribution < -0.4 is 5.73 Å². The van der Waals surface area contributed by atoms with Gasteiger partial charge in [0.1, 0.15) is 6.10 Å². The van der Waals surface area contributed by atoms with Crippen LogP contribution in [-0.2, 0) is 16.0 Å². The molecule has 0 spiro atoms. The van der Waals surface area contributed by atoms with Crippen molar-refractivity contribution < 1.29 is 18.7 Å². The highest BCUT2D eigenvalue weighted by Crippen LogP contribution is 2.32. The fourth-order valence-electron chi connectivity index (χ4n) is 3.64. The van der Waals surface area contributed by atoms with Crippen molar-refractivity contribution in [3.05, 3.63) is 23.7 Å². The molecule has 2 fully saturated rings. The Hall–Kier alpha value is -1.82. The summed E-state index contributed by atoms with van der Waals surface area (Å²) in [6, 6.07) is 1.86. The van der Waals surface area contributed by atoms with E-state index in [4.69, 9.17) is 14.9 Å². The Morgan fingerprint density at radius 2 is 2.00 bits per heavy atom. The molecule has 126 valence electrons. The Balaban J connectivity index is 1.55. The number of furan rings is 1. The Morgan fingerprint density at radius 1 is 1.26 bits per heavy atom. The summed E-state index contributed by atoms with van der Waals surface area (Å²) in [4.78, 5) is 25.6. The van der Waals surface area contributed by atoms with E-state index in [1.54, 1.807) is 6.26 Å². The number of carbonyl (C=O) groups is 2. The molecule has 1 aromatic heterocycles. The molecular formula is C17H24N2O4. The number of nitrogens with zero attached hydrogens (tertiary/aromatic N) is 1. The highest BCUT2D eigenvalue weighted by atomic mass is 16.5. The number of aryl methyl sites for hydroxylation is 1. The minimum Gasteiger partial charge on any atom is -0.459 e. The van der Waals surface area contributed by atoms with Crippen molar-refractivity contribution in [3.8, 4) is 0 Å². The minimum atomic E-state index is -0.435. The maximum Gasteiger partial charge on any atom is 0.289 e. The first-order valence-corrected chi connectivity index (χ1v) is 8.40. The minimum absolute atomic E-state index is 0.0207. The molecule has 0 saturated carbocycles. The third kappa shape index (κ3) is 3.27. The van der Waals surface area contributed by atoms with Crippen LogP contribution in [0.3, 0.4) is 0 Å². The summed E-state index contributed by atoms with van der Waals surface area (Å²) < 4.78 is 11.1. The van der Waals surface area contributed by atoms with E-state index in [2.05, 4.69) is 0 Å². The molecule has 1 aromatic rings. The summed E-state index contributed by atoms with van der Waals surface area (Å²) in [7, 11) is 0. The molecule has 6 heteroatoms. The summed E-state index contributed by atoms with van der Waals surface area (Å²) in [6.07, 6.45) is 5.41. The first kappa shape index (κ1) is 16.1. The average Bonchev–Trinajstić information content (AvgIpc) is 3.23. The number of primary amides is 1. The second kappa shape index (κ2) is 6.74. The smallest absolute Gasteiger partial charge is 0.289 e. The number of nitrogens with two attached hydrogens (primary N) is 1. The van der Waals surface area contributed by atoms with Crippen LogP contribution in [0.1, 0.15) is 48.7 Å². The standard InChI is InChI=1S/C17H24N2O4/c1-2-11-7-10-22-15(11)17(21)19-8-5-12(6-9-19)13-3-4-14(23-13)16(18)20/h7,10,12-14H,2-6,8-9H2,1H3,(H2,18,20)/t13-,14+/m0/s1. The number of ether oxygens (including phenoxy) is 1. The molecule has 6 nitrogen and oxygen atoms in total. The van der Waals surface area contributed by atoms with E-state index in [1.807, 2.05) is 17.9 Å². The summed E-state index contributed by atoms with van der Waals surface area (Å²) in [5.74, 6) is 0.472. The van der Waals surface area contributed by atoms with Gasteiger partial charge in [-0.05, 0) is 44.1 Å². The van der Waals surface area contributed by atoms with Crippen molar-refractivity contribution >= 4 is 11.8 Å². The van der Waals surface area contributed by atoms with Crippen LogP contribution in [0.5, 0.6) is 0 Å². The highest BCUT2D eigenvalue weighted by molar-refractivity contribution is 5.93. The number of piperidine rings is 1. The van der Waals surface area contributed by atoms with E-state index >= 15 is 0 Å². The zero-order valence-electron chi connectivity index (χ0n) is 13.5. The monoisotopic (exact) mass is 320 g/mol. The summed E-state index contributed by atoms with van der Waals surface area (Å²) in [5.41, 5.74) is 6.26. The quantitative estimate of drug-likeness (QED) is 0.915. The Bertz CT molecular complexity index is 575. The van der Waals surface area contributed by atoms with E-state index < -0.39 is 6.10 Å². The molecule has 2 amide bonds. The van der Waals surface area contributed by atoms with Crippen LogP contribution in [0.4, 0.5) is 0 Å². The lowest BCUT2D eigenvalue weighted by molar-refractivity contribution is -0.130. The van der Waals surface area contributed by atoms with E-state index in [0.717, 1.165) is 31.2 Å². The third-order valence-electron chi connectivity index (χ3n) is 5.04. The zero-order valence-corrected chi connectivity index (χ0v) is 13.5. The van der Waals surface area contributed by atoms with Crippen LogP contribution in [-0.4, -0.2) is 42.0 Å².